The van der Waals surface area contributed by atoms with E-state index in [1.807, 2.05) is 13.0 Å². The van der Waals surface area contributed by atoms with Crippen LogP contribution in [0.2, 0.25) is 0 Å². The van der Waals surface area contributed by atoms with E-state index < -0.39 is 11.9 Å². The van der Waals surface area contributed by atoms with Crippen molar-refractivity contribution >= 4 is 23.6 Å². The van der Waals surface area contributed by atoms with Gasteiger partial charge in [0, 0.05) is 23.4 Å². The van der Waals surface area contributed by atoms with Crippen molar-refractivity contribution in [2.24, 2.45) is 0 Å². The number of carbonyl (C=O) groups excluding carboxylic acids is 2. The molecule has 0 radical (unpaired) electrons. The molecule has 0 aliphatic heterocycles. The predicted octanol–water partition coefficient (Wildman–Crippen LogP) is 3.25. The van der Waals surface area contributed by atoms with Gasteiger partial charge in [-0.25, -0.2) is 0 Å². The molecule has 7 nitrogen and oxygen atoms in total. The highest BCUT2D eigenvalue weighted by molar-refractivity contribution is 6.09. The standard InChI is InChI=1S/C23H18N2O5/c1-2-29-19-5-3-4-18(13-19)25-22(26)17(14-24)12-20-10-11-21(30-20)15-6-8-16(9-7-15)23(27)28/h3-13H,2H2,1H3,(H,25,26)(H,27,28)/p-1/b17-12+. The number of carbonyl (C=O) groups is 2. The van der Waals surface area contributed by atoms with Gasteiger partial charge in [-0.15, -0.1) is 0 Å². The van der Waals surface area contributed by atoms with Crippen molar-refractivity contribution in [3.63, 3.8) is 0 Å². The summed E-state index contributed by atoms with van der Waals surface area (Å²) >= 11 is 0. The van der Waals surface area contributed by atoms with Gasteiger partial charge in [0.25, 0.3) is 5.91 Å². The molecule has 0 atom stereocenters. The molecule has 0 saturated heterocycles. The van der Waals surface area contributed by atoms with Crippen LogP contribution in [0.1, 0.15) is 23.0 Å². The van der Waals surface area contributed by atoms with Gasteiger partial charge < -0.3 is 24.4 Å². The molecule has 1 aromatic heterocycles. The van der Waals surface area contributed by atoms with E-state index in [0.717, 1.165) is 0 Å². The lowest BCUT2D eigenvalue weighted by atomic mass is 10.1. The molecule has 0 aliphatic rings. The van der Waals surface area contributed by atoms with Crippen LogP contribution < -0.4 is 15.2 Å². The maximum atomic E-state index is 12.4. The molecule has 2 aromatic carbocycles. The molecule has 0 spiro atoms. The van der Waals surface area contributed by atoms with E-state index >= 15 is 0 Å². The van der Waals surface area contributed by atoms with Crippen LogP contribution in [-0.2, 0) is 4.79 Å². The van der Waals surface area contributed by atoms with Crippen LogP contribution in [0.5, 0.6) is 5.75 Å². The van der Waals surface area contributed by atoms with E-state index in [4.69, 9.17) is 9.15 Å². The lowest BCUT2D eigenvalue weighted by Gasteiger charge is -2.07. The zero-order chi connectivity index (χ0) is 21.5. The van der Waals surface area contributed by atoms with E-state index in [-0.39, 0.29) is 11.1 Å². The van der Waals surface area contributed by atoms with Gasteiger partial charge in [0.2, 0.25) is 0 Å². The monoisotopic (exact) mass is 401 g/mol. The van der Waals surface area contributed by atoms with Crippen molar-refractivity contribution in [1.29, 1.82) is 5.26 Å². The first-order valence-electron chi connectivity index (χ1n) is 9.07. The number of amides is 1. The molecular formula is C23H17N2O5-. The van der Waals surface area contributed by atoms with Gasteiger partial charge in [-0.1, -0.05) is 30.3 Å². The number of nitriles is 1. The fourth-order valence-electron chi connectivity index (χ4n) is 2.68. The van der Waals surface area contributed by atoms with Crippen molar-refractivity contribution in [1.82, 2.24) is 0 Å². The molecule has 7 heteroatoms. The average Bonchev–Trinajstić information content (AvgIpc) is 3.21. The highest BCUT2D eigenvalue weighted by Gasteiger charge is 2.12. The summed E-state index contributed by atoms with van der Waals surface area (Å²) in [6, 6.07) is 18.0. The Balaban J connectivity index is 1.76. The van der Waals surface area contributed by atoms with Crippen molar-refractivity contribution < 1.29 is 23.8 Å². The molecule has 1 heterocycles. The molecule has 150 valence electrons. The summed E-state index contributed by atoms with van der Waals surface area (Å²) in [5, 5.41) is 22.9. The van der Waals surface area contributed by atoms with Crippen LogP contribution in [0.4, 0.5) is 5.69 Å². The van der Waals surface area contributed by atoms with Crippen molar-refractivity contribution in [3.05, 3.63) is 77.6 Å². The normalized spacial score (nSPS) is 10.9. The number of hydrogen-bond donors (Lipinski definition) is 1. The first-order valence-corrected chi connectivity index (χ1v) is 9.07. The average molecular weight is 401 g/mol. The highest BCUT2D eigenvalue weighted by Crippen LogP contribution is 2.24. The Hall–Kier alpha value is -4.31. The summed E-state index contributed by atoms with van der Waals surface area (Å²) in [6.07, 6.45) is 1.33. The zero-order valence-corrected chi connectivity index (χ0v) is 16.0. The van der Waals surface area contributed by atoms with Gasteiger partial charge >= 0.3 is 0 Å². The minimum absolute atomic E-state index is 0.0577. The molecule has 3 aromatic rings. The molecule has 1 amide bonds. The highest BCUT2D eigenvalue weighted by atomic mass is 16.5. The Bertz CT molecular complexity index is 1140. The van der Waals surface area contributed by atoms with E-state index in [2.05, 4.69) is 5.32 Å². The number of rotatable bonds is 7. The number of benzene rings is 2. The Morgan fingerprint density at radius 2 is 1.93 bits per heavy atom. The first-order chi connectivity index (χ1) is 14.5. The topological polar surface area (TPSA) is 115 Å². The SMILES string of the molecule is CCOc1cccc(NC(=O)/C(C#N)=C/c2ccc(-c3ccc(C(=O)[O-])cc3)o2)c1. The quantitative estimate of drug-likeness (QED) is 0.480. The third-order valence-corrected chi connectivity index (χ3v) is 4.09. The number of nitrogens with zero attached hydrogens (tertiary/aromatic N) is 1. The van der Waals surface area contributed by atoms with Gasteiger partial charge in [-0.05, 0) is 36.8 Å². The smallest absolute Gasteiger partial charge is 0.266 e. The molecule has 3 rings (SSSR count). The minimum atomic E-state index is -1.26. The maximum Gasteiger partial charge on any atom is 0.266 e. The molecule has 1 N–H and O–H groups in total. The van der Waals surface area contributed by atoms with Crippen molar-refractivity contribution in [2.75, 3.05) is 11.9 Å². The number of furan rings is 1. The number of carboxylic acids is 1. The lowest BCUT2D eigenvalue weighted by Crippen LogP contribution is -2.21. The summed E-state index contributed by atoms with van der Waals surface area (Å²) in [7, 11) is 0. The van der Waals surface area contributed by atoms with E-state index in [0.29, 0.717) is 35.1 Å². The Labute approximate surface area is 172 Å². The maximum absolute atomic E-state index is 12.4. The van der Waals surface area contributed by atoms with Gasteiger partial charge in [0.15, 0.2) is 0 Å². The largest absolute Gasteiger partial charge is 0.545 e. The molecule has 0 saturated carbocycles. The molecule has 0 bridgehead atoms. The number of ether oxygens (including phenoxy) is 1. The summed E-state index contributed by atoms with van der Waals surface area (Å²) in [6.45, 7) is 2.36. The fraction of sp³-hybridized carbons (Fsp3) is 0.0870. The van der Waals surface area contributed by atoms with Gasteiger partial charge in [-0.3, -0.25) is 4.79 Å². The zero-order valence-electron chi connectivity index (χ0n) is 16.0. The Morgan fingerprint density at radius 1 is 1.17 bits per heavy atom. The van der Waals surface area contributed by atoms with Crippen molar-refractivity contribution in [3.8, 4) is 23.1 Å². The van der Waals surface area contributed by atoms with Gasteiger partial charge in [-0.2, -0.15) is 5.26 Å². The van der Waals surface area contributed by atoms with Crippen LogP contribution in [0.25, 0.3) is 17.4 Å². The number of nitrogens with one attached hydrogen (secondary N) is 1. The molecule has 0 fully saturated rings. The minimum Gasteiger partial charge on any atom is -0.545 e. The third kappa shape index (κ3) is 4.94. The van der Waals surface area contributed by atoms with Crippen LogP contribution in [-0.4, -0.2) is 18.5 Å². The van der Waals surface area contributed by atoms with Gasteiger partial charge in [0.05, 0.1) is 12.6 Å². The second kappa shape index (κ2) is 9.26. The molecular weight excluding hydrogens is 384 g/mol. The van der Waals surface area contributed by atoms with E-state index in [1.54, 1.807) is 48.5 Å². The van der Waals surface area contributed by atoms with Crippen LogP contribution in [0, 0.1) is 11.3 Å². The number of hydrogen-bond acceptors (Lipinski definition) is 6. The van der Waals surface area contributed by atoms with Crippen LogP contribution in [0.15, 0.2) is 70.7 Å². The molecule has 0 aliphatic carbocycles. The van der Waals surface area contributed by atoms with E-state index in [1.165, 1.54) is 18.2 Å². The number of carboxylic acid groups (broad SMARTS) is 1. The lowest BCUT2D eigenvalue weighted by molar-refractivity contribution is -0.255. The predicted molar refractivity (Wildman–Crippen MR) is 108 cm³/mol. The van der Waals surface area contributed by atoms with E-state index in [9.17, 15) is 20.0 Å². The second-order valence-corrected chi connectivity index (χ2v) is 6.15. The van der Waals surface area contributed by atoms with Crippen LogP contribution in [0.3, 0.4) is 0 Å². The first kappa shape index (κ1) is 20.4. The molecule has 0 unspecified atom stereocenters. The summed E-state index contributed by atoms with van der Waals surface area (Å²) in [4.78, 5) is 23.3. The summed E-state index contributed by atoms with van der Waals surface area (Å²) < 4.78 is 11.1. The van der Waals surface area contributed by atoms with Gasteiger partial charge in [0.1, 0.15) is 28.9 Å². The summed E-state index contributed by atoms with van der Waals surface area (Å²) in [5.41, 5.74) is 1.07. The van der Waals surface area contributed by atoms with Crippen molar-refractivity contribution in [2.45, 2.75) is 6.92 Å². The Kier molecular flexibility index (Phi) is 6.30. The Morgan fingerprint density at radius 3 is 2.60 bits per heavy atom. The number of aromatic carboxylic acids is 1. The number of anilines is 1. The van der Waals surface area contributed by atoms with Crippen LogP contribution >= 0.6 is 0 Å². The second-order valence-electron chi connectivity index (χ2n) is 6.15. The third-order valence-electron chi connectivity index (χ3n) is 4.09. The summed E-state index contributed by atoms with van der Waals surface area (Å²) in [5.74, 6) is -0.460. The molecule has 30 heavy (non-hydrogen) atoms. The fourth-order valence-corrected chi connectivity index (χ4v) is 2.68.